The normalized spacial score (nSPS) is 10.9. The van der Waals surface area contributed by atoms with Gasteiger partial charge in [0.2, 0.25) is 0 Å². The van der Waals surface area contributed by atoms with Gasteiger partial charge in [0.25, 0.3) is 0 Å². The summed E-state index contributed by atoms with van der Waals surface area (Å²) in [6.07, 6.45) is 0. The van der Waals surface area contributed by atoms with Gasteiger partial charge in [0.05, 0.1) is 0 Å². The first kappa shape index (κ1) is 55.3. The molecule has 0 fully saturated rings. The average Bonchev–Trinajstić information content (AvgIpc) is 0.898. The highest BCUT2D eigenvalue weighted by molar-refractivity contribution is 6.16. The zero-order chi connectivity index (χ0) is 59.9. The maximum Gasteiger partial charge on any atom is 0.127 e. The molecule has 0 aliphatic rings. The Morgan fingerprint density at radius 3 is 0.719 bits per heavy atom. The van der Waals surface area contributed by atoms with Gasteiger partial charge in [0.1, 0.15) is 11.5 Å². The first-order valence-electron chi connectivity index (χ1n) is 30.5. The van der Waals surface area contributed by atoms with E-state index in [4.69, 9.17) is 4.74 Å². The van der Waals surface area contributed by atoms with Crippen molar-refractivity contribution >= 4 is 0 Å². The molecule has 0 saturated heterocycles. The molecule has 0 radical (unpaired) electrons. The van der Waals surface area contributed by atoms with Crippen LogP contribution in [0.5, 0.6) is 11.5 Å². The van der Waals surface area contributed by atoms with Crippen LogP contribution < -0.4 is 4.74 Å². The highest BCUT2D eigenvalue weighted by atomic mass is 16.5. The largest absolute Gasteiger partial charge is 0.457 e. The van der Waals surface area contributed by atoms with Crippen molar-refractivity contribution < 1.29 is 4.74 Å². The van der Waals surface area contributed by atoms with Gasteiger partial charge in [-0.2, -0.15) is 0 Å². The van der Waals surface area contributed by atoms with E-state index in [-0.39, 0.29) is 0 Å². The smallest absolute Gasteiger partial charge is 0.127 e. The van der Waals surface area contributed by atoms with E-state index in [1.807, 2.05) is 18.2 Å². The Kier molecular flexibility index (Phi) is 15.7. The quantitative estimate of drug-likeness (QED) is 0.105. The highest BCUT2D eigenvalue weighted by Crippen LogP contribution is 2.58. The van der Waals surface area contributed by atoms with E-state index in [0.29, 0.717) is 0 Å². The van der Waals surface area contributed by atoms with Crippen LogP contribution in [0, 0.1) is 25.7 Å². The van der Waals surface area contributed by atoms with Crippen molar-refractivity contribution in [2.24, 2.45) is 0 Å². The lowest BCUT2D eigenvalue weighted by Gasteiger charge is -2.30. The summed E-state index contributed by atoms with van der Waals surface area (Å²) in [6.45, 7) is 4.42. The van der Waals surface area contributed by atoms with Crippen molar-refractivity contribution in [2.75, 3.05) is 0 Å². The highest BCUT2D eigenvalue weighted by Gasteiger charge is 2.32. The number of ether oxygens (including phenoxy) is 1. The molecule has 0 aliphatic heterocycles. The third-order valence-electron chi connectivity index (χ3n) is 16.8. The van der Waals surface area contributed by atoms with Gasteiger partial charge in [0.15, 0.2) is 0 Å². The number of aryl methyl sites for hydroxylation is 1. The second-order valence-electron chi connectivity index (χ2n) is 22.5. The lowest BCUT2D eigenvalue weighted by atomic mass is 9.73. The maximum absolute atomic E-state index is 6.56. The fourth-order valence-electron chi connectivity index (χ4n) is 12.9. The lowest BCUT2D eigenvalue weighted by Crippen LogP contribution is -2.03. The molecule has 0 spiro atoms. The number of rotatable bonds is 13. The van der Waals surface area contributed by atoms with Gasteiger partial charge in [-0.1, -0.05) is 303 Å². The zero-order valence-electron chi connectivity index (χ0n) is 49.7. The first-order chi connectivity index (χ1) is 44.0. The fourth-order valence-corrected chi connectivity index (χ4v) is 12.9. The molecule has 420 valence electrons. The van der Waals surface area contributed by atoms with Gasteiger partial charge in [-0.05, 0) is 196 Å². The van der Waals surface area contributed by atoms with Gasteiger partial charge >= 0.3 is 0 Å². The molecule has 0 aromatic heterocycles. The number of benzene rings is 14. The van der Waals surface area contributed by atoms with Crippen LogP contribution in [-0.2, 0) is 0 Å². The molecular formula is C88H62O. The summed E-state index contributed by atoms with van der Waals surface area (Å²) in [5, 5.41) is 0. The Balaban J connectivity index is 1.20. The van der Waals surface area contributed by atoms with Crippen LogP contribution in [0.4, 0.5) is 0 Å². The Morgan fingerprint density at radius 1 is 0.191 bits per heavy atom. The molecular weight excluding hydrogens is 1070 g/mol. The Morgan fingerprint density at radius 2 is 0.416 bits per heavy atom. The molecule has 0 aliphatic carbocycles. The molecule has 0 N–H and O–H groups in total. The lowest BCUT2D eigenvalue weighted by molar-refractivity contribution is 0.482. The molecule has 14 aromatic carbocycles. The van der Waals surface area contributed by atoms with E-state index >= 15 is 0 Å². The van der Waals surface area contributed by atoms with Crippen molar-refractivity contribution in [1.82, 2.24) is 0 Å². The maximum atomic E-state index is 6.56. The first-order valence-corrected chi connectivity index (χ1v) is 30.5. The fraction of sp³-hybridized carbons (Fsp3) is 0.0227. The molecule has 14 rings (SSSR count). The topological polar surface area (TPSA) is 9.23 Å². The monoisotopic (exact) mass is 1130 g/mol. The molecule has 0 heterocycles. The standard InChI is InChI=1S/C88H62O/c1-61-48-54-76(55-49-61)89-77-56-52-73(53-57-77)86-82(69-40-22-8-23-41-69)84(71-44-26-10-27-45-71)88(85(72-46-28-11-29-47-72)83(86)70-42-24-9-25-43-70)75-59-64(51-50-63-30-12-3-13-31-63)58-74(60-75)87-80(67-36-18-6-19-37-67)78(65-32-14-4-15-33-65)62(2)79(66-34-16-5-17-35-66)81(87)68-38-20-7-21-39-68/h3-49,52-60H,1-2H3. The minimum atomic E-state index is 0.760. The van der Waals surface area contributed by atoms with Gasteiger partial charge in [-0.25, -0.2) is 0 Å². The van der Waals surface area contributed by atoms with Gasteiger partial charge in [-0.3, -0.25) is 0 Å². The SMILES string of the molecule is Cc1ccc(Oc2ccc(-c3c(-c4ccccc4)c(-c4ccccc4)c(-c4cc(C#Cc5ccccc5)cc(-c5c(-c6ccccc6)c(-c6ccccc6)c(C)c(-c6ccccc6)c5-c5ccccc5)c4)c(-c4ccccc4)c3-c3ccccc3)cc2)cc1. The van der Waals surface area contributed by atoms with Crippen LogP contribution in [0.15, 0.2) is 340 Å². The molecule has 1 heteroatoms. The van der Waals surface area contributed by atoms with Gasteiger partial charge in [-0.15, -0.1) is 0 Å². The van der Waals surface area contributed by atoms with Crippen LogP contribution in [0.3, 0.4) is 0 Å². The number of hydrogen-bond donors (Lipinski definition) is 0. The van der Waals surface area contributed by atoms with E-state index in [0.717, 1.165) is 134 Å². The number of hydrogen-bond acceptors (Lipinski definition) is 1. The van der Waals surface area contributed by atoms with Crippen molar-refractivity contribution in [1.29, 1.82) is 0 Å². The van der Waals surface area contributed by atoms with Crippen molar-refractivity contribution in [3.63, 3.8) is 0 Å². The molecule has 0 bridgehead atoms. The Labute approximate surface area is 523 Å². The van der Waals surface area contributed by atoms with E-state index < -0.39 is 0 Å². The van der Waals surface area contributed by atoms with Crippen molar-refractivity contribution in [3.8, 4) is 146 Å². The summed E-state index contributed by atoms with van der Waals surface area (Å²) < 4.78 is 6.56. The summed E-state index contributed by atoms with van der Waals surface area (Å²) in [5.41, 5.74) is 28.7. The predicted molar refractivity (Wildman–Crippen MR) is 375 cm³/mol. The third kappa shape index (κ3) is 11.3. The summed E-state index contributed by atoms with van der Waals surface area (Å²) in [6, 6.07) is 123. The van der Waals surface area contributed by atoms with Crippen LogP contribution in [0.1, 0.15) is 22.3 Å². The molecule has 0 unspecified atom stereocenters. The summed E-state index contributed by atoms with van der Waals surface area (Å²) in [7, 11) is 0. The minimum Gasteiger partial charge on any atom is -0.457 e. The third-order valence-corrected chi connectivity index (χ3v) is 16.8. The summed E-state index contributed by atoms with van der Waals surface area (Å²) >= 11 is 0. The van der Waals surface area contributed by atoms with Gasteiger partial charge < -0.3 is 4.74 Å². The van der Waals surface area contributed by atoms with E-state index in [9.17, 15) is 0 Å². The summed E-state index contributed by atoms with van der Waals surface area (Å²) in [5.74, 6) is 9.02. The van der Waals surface area contributed by atoms with Gasteiger partial charge in [0, 0.05) is 11.1 Å². The zero-order valence-corrected chi connectivity index (χ0v) is 49.7. The Hall–Kier alpha value is -11.6. The summed E-state index contributed by atoms with van der Waals surface area (Å²) in [4.78, 5) is 0. The van der Waals surface area contributed by atoms with E-state index in [1.54, 1.807) is 0 Å². The van der Waals surface area contributed by atoms with Crippen LogP contribution >= 0.6 is 0 Å². The average molecular weight is 1140 g/mol. The molecule has 0 atom stereocenters. The van der Waals surface area contributed by atoms with Crippen LogP contribution in [-0.4, -0.2) is 0 Å². The second-order valence-corrected chi connectivity index (χ2v) is 22.5. The Bertz CT molecular complexity index is 4620. The second kappa shape index (κ2) is 25.2. The van der Waals surface area contributed by atoms with Crippen molar-refractivity contribution in [2.45, 2.75) is 13.8 Å². The van der Waals surface area contributed by atoms with Crippen molar-refractivity contribution in [3.05, 3.63) is 362 Å². The van der Waals surface area contributed by atoms with Crippen LogP contribution in [0.25, 0.3) is 122 Å². The van der Waals surface area contributed by atoms with E-state index in [1.165, 1.54) is 22.3 Å². The molecule has 0 saturated carbocycles. The molecule has 89 heavy (non-hydrogen) atoms. The van der Waals surface area contributed by atoms with Crippen LogP contribution in [0.2, 0.25) is 0 Å². The molecule has 1 nitrogen and oxygen atoms in total. The minimum absolute atomic E-state index is 0.760. The predicted octanol–water partition coefficient (Wildman–Crippen LogP) is 23.8. The molecule has 14 aromatic rings. The molecule has 0 amide bonds. The van der Waals surface area contributed by atoms with E-state index in [2.05, 4.69) is 347 Å².